The summed E-state index contributed by atoms with van der Waals surface area (Å²) < 4.78 is 0. The number of rotatable bonds is 5. The molecule has 0 radical (unpaired) electrons. The molecule has 0 atom stereocenters. The van der Waals surface area contributed by atoms with Gasteiger partial charge in [-0.15, -0.1) is 0 Å². The Morgan fingerprint density at radius 1 is 1.25 bits per heavy atom. The van der Waals surface area contributed by atoms with Crippen LogP contribution in [0.1, 0.15) is 0 Å². The Morgan fingerprint density at radius 2 is 1.58 bits per heavy atom. The van der Waals surface area contributed by atoms with E-state index in [9.17, 15) is 4.79 Å². The van der Waals surface area contributed by atoms with Crippen molar-refractivity contribution in [1.29, 1.82) is 0 Å². The predicted molar refractivity (Wildman–Crippen MR) is 48.5 cm³/mol. The van der Waals surface area contributed by atoms with Crippen LogP contribution >= 0.6 is 12.6 Å². The highest BCUT2D eigenvalue weighted by atomic mass is 32.1. The summed E-state index contributed by atoms with van der Waals surface area (Å²) in [5.41, 5.74) is 0. The molecule has 0 saturated carbocycles. The van der Waals surface area contributed by atoms with Gasteiger partial charge in [0, 0.05) is 13.1 Å². The molecule has 0 amide bonds. The van der Waals surface area contributed by atoms with Gasteiger partial charge < -0.3 is 20.6 Å². The van der Waals surface area contributed by atoms with Crippen molar-refractivity contribution in [2.75, 3.05) is 32.1 Å². The van der Waals surface area contributed by atoms with Gasteiger partial charge in [0.05, 0.1) is 19.0 Å². The number of hydrogen-bond donors (Lipinski definition) is 5. The average Bonchev–Trinajstić information content (AvgIpc) is 2.07. The Hall–Kier alpha value is -0.300. The molecule has 5 nitrogen and oxygen atoms in total. The van der Waals surface area contributed by atoms with Gasteiger partial charge in [0.15, 0.2) is 0 Å². The van der Waals surface area contributed by atoms with Crippen LogP contribution in [0.5, 0.6) is 0 Å². The topological polar surface area (TPSA) is 89.8 Å². The maximum atomic E-state index is 9.29. The van der Waals surface area contributed by atoms with E-state index in [4.69, 9.17) is 15.3 Å². The van der Waals surface area contributed by atoms with Crippen molar-refractivity contribution in [2.24, 2.45) is 0 Å². The third-order valence-electron chi connectivity index (χ3n) is 0.712. The lowest BCUT2D eigenvalue weighted by atomic mass is 10.6. The van der Waals surface area contributed by atoms with Crippen LogP contribution in [-0.2, 0) is 4.79 Å². The lowest BCUT2D eigenvalue weighted by Gasteiger charge is -1.94. The second kappa shape index (κ2) is 13.3. The zero-order valence-electron chi connectivity index (χ0n) is 6.73. The largest absolute Gasteiger partial charge is 0.481 e. The molecule has 0 aliphatic heterocycles. The molecule has 4 N–H and O–H groups in total. The third kappa shape index (κ3) is 22.6. The molecule has 6 heteroatoms. The van der Waals surface area contributed by atoms with Crippen LogP contribution in [0.25, 0.3) is 0 Å². The minimum absolute atomic E-state index is 0.0833. The van der Waals surface area contributed by atoms with Gasteiger partial charge in [0.2, 0.25) is 0 Å². The van der Waals surface area contributed by atoms with E-state index >= 15 is 0 Å². The number of aliphatic hydroxyl groups is 2. The quantitative estimate of drug-likeness (QED) is 0.275. The fourth-order valence-corrected chi connectivity index (χ4v) is 0.283. The zero-order valence-corrected chi connectivity index (χ0v) is 7.63. The molecular formula is C6H15NO4S. The Kier molecular flexibility index (Phi) is 15.8. The lowest BCUT2D eigenvalue weighted by Crippen LogP contribution is -2.21. The fraction of sp³-hybridized carbons (Fsp3) is 0.833. The predicted octanol–water partition coefficient (Wildman–Crippen LogP) is -1.44. The normalized spacial score (nSPS) is 8.58. The van der Waals surface area contributed by atoms with Gasteiger partial charge in [-0.25, -0.2) is 0 Å². The SMILES string of the molecule is O=C(O)CS.OCCNCCO. The number of carbonyl (C=O) groups is 1. The first-order valence-corrected chi connectivity index (χ1v) is 4.07. The molecule has 0 rings (SSSR count). The summed E-state index contributed by atoms with van der Waals surface area (Å²) in [4.78, 5) is 9.29. The van der Waals surface area contributed by atoms with Crippen molar-refractivity contribution in [2.45, 2.75) is 0 Å². The molecule has 0 aliphatic rings. The lowest BCUT2D eigenvalue weighted by molar-refractivity contribution is -0.133. The average molecular weight is 197 g/mol. The van der Waals surface area contributed by atoms with E-state index in [0.717, 1.165) is 0 Å². The van der Waals surface area contributed by atoms with Gasteiger partial charge in [-0.05, 0) is 0 Å². The number of carboxylic acid groups (broad SMARTS) is 1. The van der Waals surface area contributed by atoms with E-state index in [0.29, 0.717) is 13.1 Å². The first kappa shape index (κ1) is 14.2. The van der Waals surface area contributed by atoms with E-state index in [-0.39, 0.29) is 19.0 Å². The number of aliphatic hydroxyl groups excluding tert-OH is 2. The molecule has 0 bridgehead atoms. The Labute approximate surface area is 76.8 Å². The van der Waals surface area contributed by atoms with Gasteiger partial charge in [-0.2, -0.15) is 12.6 Å². The van der Waals surface area contributed by atoms with Crippen LogP contribution in [0.3, 0.4) is 0 Å². The van der Waals surface area contributed by atoms with Crippen LogP contribution < -0.4 is 5.32 Å². The van der Waals surface area contributed by atoms with Crippen LogP contribution in [0, 0.1) is 0 Å². The van der Waals surface area contributed by atoms with Crippen molar-refractivity contribution >= 4 is 18.6 Å². The molecule has 74 valence electrons. The van der Waals surface area contributed by atoms with Gasteiger partial charge in [0.25, 0.3) is 0 Å². The zero-order chi connectivity index (χ0) is 9.82. The molecule has 0 heterocycles. The highest BCUT2D eigenvalue weighted by molar-refractivity contribution is 7.81. The van der Waals surface area contributed by atoms with Crippen LogP contribution in [0.15, 0.2) is 0 Å². The molecule has 0 saturated heterocycles. The van der Waals surface area contributed by atoms with Gasteiger partial charge in [-0.1, -0.05) is 0 Å². The van der Waals surface area contributed by atoms with Crippen LogP contribution in [-0.4, -0.2) is 53.3 Å². The first-order valence-electron chi connectivity index (χ1n) is 3.44. The van der Waals surface area contributed by atoms with E-state index in [1.54, 1.807) is 0 Å². The maximum absolute atomic E-state index is 9.29. The first-order chi connectivity index (χ1) is 5.68. The second-order valence-electron chi connectivity index (χ2n) is 1.75. The van der Waals surface area contributed by atoms with Gasteiger partial charge in [-0.3, -0.25) is 4.79 Å². The Balaban J connectivity index is 0. The van der Waals surface area contributed by atoms with E-state index in [2.05, 4.69) is 17.9 Å². The maximum Gasteiger partial charge on any atom is 0.313 e. The van der Waals surface area contributed by atoms with E-state index in [1.807, 2.05) is 0 Å². The van der Waals surface area contributed by atoms with E-state index < -0.39 is 5.97 Å². The Morgan fingerprint density at radius 3 is 1.75 bits per heavy atom. The Bertz CT molecular complexity index is 97.5. The second-order valence-corrected chi connectivity index (χ2v) is 2.07. The summed E-state index contributed by atoms with van der Waals surface area (Å²) in [6, 6.07) is 0. The van der Waals surface area contributed by atoms with Crippen molar-refractivity contribution in [3.8, 4) is 0 Å². The monoisotopic (exact) mass is 197 g/mol. The van der Waals surface area contributed by atoms with Crippen LogP contribution in [0.2, 0.25) is 0 Å². The minimum Gasteiger partial charge on any atom is -0.481 e. The molecule has 0 aromatic rings. The summed E-state index contributed by atoms with van der Waals surface area (Å²) >= 11 is 3.42. The molecule has 0 spiro atoms. The van der Waals surface area contributed by atoms with E-state index in [1.165, 1.54) is 0 Å². The van der Waals surface area contributed by atoms with Crippen LogP contribution in [0.4, 0.5) is 0 Å². The highest BCUT2D eigenvalue weighted by Crippen LogP contribution is 1.66. The van der Waals surface area contributed by atoms with Gasteiger partial charge in [0.1, 0.15) is 0 Å². The summed E-state index contributed by atoms with van der Waals surface area (Å²) in [5.74, 6) is -0.965. The highest BCUT2D eigenvalue weighted by Gasteiger charge is 1.81. The standard InChI is InChI=1S/C4H11NO2.C2H4O2S/c6-3-1-5-2-4-7;3-2(4)1-5/h5-7H,1-4H2;5H,1H2,(H,3,4). The minimum atomic E-state index is -0.881. The summed E-state index contributed by atoms with van der Waals surface area (Å²) in [5, 5.41) is 26.7. The van der Waals surface area contributed by atoms with Crippen molar-refractivity contribution in [1.82, 2.24) is 5.32 Å². The van der Waals surface area contributed by atoms with Crippen molar-refractivity contribution < 1.29 is 20.1 Å². The number of hydrogen-bond acceptors (Lipinski definition) is 5. The number of carboxylic acids is 1. The molecule has 0 unspecified atom stereocenters. The molecule has 0 aromatic heterocycles. The number of aliphatic carboxylic acids is 1. The number of thiol groups is 1. The summed E-state index contributed by atoms with van der Waals surface area (Å²) in [6.07, 6.45) is 0. The molecule has 0 aliphatic carbocycles. The smallest absolute Gasteiger partial charge is 0.313 e. The van der Waals surface area contributed by atoms with Gasteiger partial charge >= 0.3 is 5.97 Å². The molecule has 0 fully saturated rings. The molecule has 0 aromatic carbocycles. The number of nitrogens with one attached hydrogen (secondary N) is 1. The van der Waals surface area contributed by atoms with Crippen molar-refractivity contribution in [3.63, 3.8) is 0 Å². The molecule has 12 heavy (non-hydrogen) atoms. The van der Waals surface area contributed by atoms with Crippen molar-refractivity contribution in [3.05, 3.63) is 0 Å². The third-order valence-corrected chi connectivity index (χ3v) is 0.983. The summed E-state index contributed by atoms with van der Waals surface area (Å²) in [6.45, 7) is 1.42. The fourth-order valence-electron chi connectivity index (χ4n) is 0.283. The summed E-state index contributed by atoms with van der Waals surface area (Å²) in [7, 11) is 0. The molecular weight excluding hydrogens is 182 g/mol.